The van der Waals surface area contributed by atoms with Crippen LogP contribution in [0.2, 0.25) is 0 Å². The Balaban J connectivity index is 1.28. The van der Waals surface area contributed by atoms with E-state index >= 15 is 0 Å². The number of rotatable bonds is 3. The van der Waals surface area contributed by atoms with Crippen LogP contribution in [-0.2, 0) is 0 Å². The zero-order valence-corrected chi connectivity index (χ0v) is 23.6. The van der Waals surface area contributed by atoms with Crippen LogP contribution in [0.1, 0.15) is 0 Å². The highest BCUT2D eigenvalue weighted by molar-refractivity contribution is 6.20. The van der Waals surface area contributed by atoms with E-state index in [1.165, 1.54) is 10.8 Å². The Morgan fingerprint density at radius 2 is 1.00 bits per heavy atom. The number of hydrogen-bond donors (Lipinski definition) is 0. The Morgan fingerprint density at radius 3 is 1.73 bits per heavy atom. The molecule has 0 amide bonds. The van der Waals surface area contributed by atoms with Crippen LogP contribution in [-0.4, -0.2) is 19.9 Å². The molecular formula is C40H24N4. The summed E-state index contributed by atoms with van der Waals surface area (Å²) in [5.74, 6) is 0. The molecule has 4 heteroatoms. The van der Waals surface area contributed by atoms with Crippen LogP contribution in [0.3, 0.4) is 0 Å². The fraction of sp³-hybridized carbons (Fsp3) is 0. The van der Waals surface area contributed by atoms with Crippen molar-refractivity contribution in [2.45, 2.75) is 0 Å². The molecule has 9 rings (SSSR count). The highest BCUT2D eigenvalue weighted by Gasteiger charge is 2.17. The summed E-state index contributed by atoms with van der Waals surface area (Å²) in [6.45, 7) is 0. The van der Waals surface area contributed by atoms with E-state index in [0.29, 0.717) is 0 Å². The second kappa shape index (κ2) is 9.79. The van der Waals surface area contributed by atoms with Crippen molar-refractivity contribution in [3.8, 4) is 33.9 Å². The van der Waals surface area contributed by atoms with Gasteiger partial charge in [-0.25, -0.2) is 15.0 Å². The molecule has 44 heavy (non-hydrogen) atoms. The third kappa shape index (κ3) is 3.92. The minimum Gasteiger partial charge on any atom is -0.255 e. The average Bonchev–Trinajstić information content (AvgIpc) is 3.10. The first-order chi connectivity index (χ1) is 21.8. The summed E-state index contributed by atoms with van der Waals surface area (Å²) >= 11 is 0. The lowest BCUT2D eigenvalue weighted by atomic mass is 9.94. The third-order valence-electron chi connectivity index (χ3n) is 8.48. The highest BCUT2D eigenvalue weighted by atomic mass is 14.8. The van der Waals surface area contributed by atoms with Gasteiger partial charge in [0.25, 0.3) is 0 Å². The van der Waals surface area contributed by atoms with E-state index in [1.54, 1.807) is 6.20 Å². The maximum atomic E-state index is 5.33. The fourth-order valence-corrected chi connectivity index (χ4v) is 6.36. The SMILES string of the molecule is c1ccc(-c2ccc3ccc(-c4cccc(-c5c6ccc7ccccc7c6nc6c5ccc5ccccc56)n4)cc3n2)nc1. The van der Waals surface area contributed by atoms with Crippen LogP contribution < -0.4 is 0 Å². The fourth-order valence-electron chi connectivity index (χ4n) is 6.36. The van der Waals surface area contributed by atoms with Gasteiger partial charge in [0.1, 0.15) is 0 Å². The molecule has 0 fully saturated rings. The zero-order chi connectivity index (χ0) is 29.0. The van der Waals surface area contributed by atoms with Gasteiger partial charge < -0.3 is 0 Å². The van der Waals surface area contributed by atoms with Crippen molar-refractivity contribution in [2.24, 2.45) is 0 Å². The first-order valence-electron chi connectivity index (χ1n) is 14.7. The minimum absolute atomic E-state index is 0.853. The molecule has 0 unspecified atom stereocenters. The summed E-state index contributed by atoms with van der Waals surface area (Å²) in [7, 11) is 0. The molecule has 0 spiro atoms. The number of fused-ring (bicyclic) bond motifs is 7. The van der Waals surface area contributed by atoms with Crippen molar-refractivity contribution in [3.63, 3.8) is 0 Å². The van der Waals surface area contributed by atoms with Gasteiger partial charge in [0.05, 0.1) is 39.3 Å². The van der Waals surface area contributed by atoms with Gasteiger partial charge in [0.15, 0.2) is 0 Å². The van der Waals surface area contributed by atoms with Crippen LogP contribution in [0.15, 0.2) is 146 Å². The van der Waals surface area contributed by atoms with E-state index in [9.17, 15) is 0 Å². The van der Waals surface area contributed by atoms with E-state index in [1.807, 2.05) is 24.3 Å². The number of aromatic nitrogens is 4. The standard InChI is InChI=1S/C40H24N4/c1-3-10-29-25(8-1)17-20-31-38(32-21-18-26-9-2-4-11-30(26)40(32)44-39(29)31)36-14-7-13-33(42-36)28-16-15-27-19-22-35(43-37(27)24-28)34-12-5-6-23-41-34/h1-24H. The van der Waals surface area contributed by atoms with Gasteiger partial charge in [-0.1, -0.05) is 103 Å². The second-order valence-electron chi connectivity index (χ2n) is 11.1. The molecule has 0 radical (unpaired) electrons. The molecule has 9 aromatic rings. The average molecular weight is 561 g/mol. The predicted octanol–water partition coefficient (Wildman–Crippen LogP) is 10.0. The largest absolute Gasteiger partial charge is 0.255 e. The molecule has 0 N–H and O–H groups in total. The Bertz CT molecular complexity index is 2460. The summed E-state index contributed by atoms with van der Waals surface area (Å²) in [5.41, 5.74) is 8.54. The summed E-state index contributed by atoms with van der Waals surface area (Å²) < 4.78 is 0. The Labute approximate surface area is 253 Å². The van der Waals surface area contributed by atoms with Crippen molar-refractivity contribution < 1.29 is 0 Å². The number of benzene rings is 5. The molecule has 0 aliphatic rings. The van der Waals surface area contributed by atoms with Crippen LogP contribution in [0, 0.1) is 0 Å². The van der Waals surface area contributed by atoms with Crippen molar-refractivity contribution in [1.82, 2.24) is 19.9 Å². The maximum absolute atomic E-state index is 5.33. The molecule has 0 atom stereocenters. The Morgan fingerprint density at radius 1 is 0.364 bits per heavy atom. The molecule has 4 nitrogen and oxygen atoms in total. The first-order valence-corrected chi connectivity index (χ1v) is 14.7. The lowest BCUT2D eigenvalue weighted by Gasteiger charge is -2.15. The topological polar surface area (TPSA) is 51.6 Å². The van der Waals surface area contributed by atoms with E-state index < -0.39 is 0 Å². The normalized spacial score (nSPS) is 11.6. The number of hydrogen-bond acceptors (Lipinski definition) is 4. The van der Waals surface area contributed by atoms with Gasteiger partial charge in [-0.15, -0.1) is 0 Å². The second-order valence-corrected chi connectivity index (χ2v) is 11.1. The van der Waals surface area contributed by atoms with Gasteiger partial charge in [-0.2, -0.15) is 0 Å². The molecule has 0 saturated carbocycles. The van der Waals surface area contributed by atoms with Crippen LogP contribution in [0.25, 0.3) is 88.2 Å². The summed E-state index contributed by atoms with van der Waals surface area (Å²) in [5, 5.41) is 7.90. The summed E-state index contributed by atoms with van der Waals surface area (Å²) in [6.07, 6.45) is 1.80. The quantitative estimate of drug-likeness (QED) is 0.159. The molecule has 4 aromatic heterocycles. The van der Waals surface area contributed by atoms with Crippen molar-refractivity contribution >= 4 is 54.3 Å². The van der Waals surface area contributed by atoms with Gasteiger partial charge in [0.2, 0.25) is 0 Å². The molecular weight excluding hydrogens is 536 g/mol. The van der Waals surface area contributed by atoms with E-state index in [2.05, 4.69) is 120 Å². The lowest BCUT2D eigenvalue weighted by Crippen LogP contribution is -1.94. The minimum atomic E-state index is 0.853. The van der Waals surface area contributed by atoms with Crippen LogP contribution in [0.5, 0.6) is 0 Å². The van der Waals surface area contributed by atoms with E-state index in [0.717, 1.165) is 77.4 Å². The number of pyridine rings is 4. The molecule has 0 saturated heterocycles. The molecule has 0 bridgehead atoms. The molecule has 4 heterocycles. The molecule has 204 valence electrons. The van der Waals surface area contributed by atoms with Crippen molar-refractivity contribution in [2.75, 3.05) is 0 Å². The molecule has 0 aliphatic heterocycles. The number of nitrogens with zero attached hydrogens (tertiary/aromatic N) is 4. The predicted molar refractivity (Wildman–Crippen MR) is 181 cm³/mol. The highest BCUT2D eigenvalue weighted by Crippen LogP contribution is 2.39. The van der Waals surface area contributed by atoms with Crippen molar-refractivity contribution in [1.29, 1.82) is 0 Å². The Kier molecular flexibility index (Phi) is 5.47. The van der Waals surface area contributed by atoms with Crippen LogP contribution >= 0.6 is 0 Å². The summed E-state index contributed by atoms with van der Waals surface area (Å²) in [6, 6.07) is 48.4. The van der Waals surface area contributed by atoms with Gasteiger partial charge >= 0.3 is 0 Å². The van der Waals surface area contributed by atoms with Gasteiger partial charge in [-0.3, -0.25) is 4.98 Å². The summed E-state index contributed by atoms with van der Waals surface area (Å²) in [4.78, 5) is 20.1. The lowest BCUT2D eigenvalue weighted by molar-refractivity contribution is 1.27. The molecule has 5 aromatic carbocycles. The molecule has 0 aliphatic carbocycles. The smallest absolute Gasteiger partial charge is 0.0893 e. The van der Waals surface area contributed by atoms with Gasteiger partial charge in [0, 0.05) is 44.3 Å². The van der Waals surface area contributed by atoms with Crippen LogP contribution in [0.4, 0.5) is 0 Å². The third-order valence-corrected chi connectivity index (χ3v) is 8.48. The van der Waals surface area contributed by atoms with Gasteiger partial charge in [-0.05, 0) is 47.2 Å². The zero-order valence-electron chi connectivity index (χ0n) is 23.6. The van der Waals surface area contributed by atoms with E-state index in [4.69, 9.17) is 15.0 Å². The van der Waals surface area contributed by atoms with E-state index in [-0.39, 0.29) is 0 Å². The first kappa shape index (κ1) is 24.6. The van der Waals surface area contributed by atoms with Crippen molar-refractivity contribution in [3.05, 3.63) is 146 Å². The maximum Gasteiger partial charge on any atom is 0.0893 e. The monoisotopic (exact) mass is 560 g/mol. The Hall–Kier alpha value is -6.00.